The summed E-state index contributed by atoms with van der Waals surface area (Å²) in [4.78, 5) is 16.7. The number of hydrogen-bond donors (Lipinski definition) is 1. The minimum Gasteiger partial charge on any atom is -0.348 e. The first-order valence-electron chi connectivity index (χ1n) is 9.91. The Morgan fingerprint density at radius 3 is 2.61 bits per heavy atom. The lowest BCUT2D eigenvalue weighted by Crippen LogP contribution is -2.24. The van der Waals surface area contributed by atoms with Gasteiger partial charge in [0.25, 0.3) is 5.91 Å². The molecule has 0 spiro atoms. The number of carbonyl (C=O) groups is 1. The molecule has 28 heavy (non-hydrogen) atoms. The molecule has 1 amide bonds. The van der Waals surface area contributed by atoms with Crippen molar-refractivity contribution in [3.05, 3.63) is 65.5 Å². The normalized spacial score (nSPS) is 14.8. The van der Waals surface area contributed by atoms with Gasteiger partial charge in [-0.3, -0.25) is 9.48 Å². The van der Waals surface area contributed by atoms with Gasteiger partial charge in [-0.05, 0) is 37.3 Å². The Bertz CT molecular complexity index is 924. The van der Waals surface area contributed by atoms with Crippen LogP contribution in [0.3, 0.4) is 0 Å². The molecule has 0 aliphatic heterocycles. The third kappa shape index (κ3) is 3.98. The highest BCUT2D eigenvalue weighted by Gasteiger charge is 2.33. The molecule has 0 radical (unpaired) electrons. The number of benzene rings is 1. The van der Waals surface area contributed by atoms with Crippen molar-refractivity contribution in [3.8, 4) is 0 Å². The van der Waals surface area contributed by atoms with Crippen LogP contribution in [0.1, 0.15) is 72.2 Å². The monoisotopic (exact) mass is 378 g/mol. The molecule has 0 bridgehead atoms. The lowest BCUT2D eigenvalue weighted by Gasteiger charge is -2.14. The maximum atomic E-state index is 12.8. The molecule has 1 N–H and O–H groups in total. The Hall–Kier alpha value is -2.96. The molecule has 1 aliphatic rings. The summed E-state index contributed by atoms with van der Waals surface area (Å²) < 4.78 is 3.83. The summed E-state index contributed by atoms with van der Waals surface area (Å²) in [6.45, 7) is 5.49. The number of rotatable bonds is 8. The van der Waals surface area contributed by atoms with Crippen molar-refractivity contribution in [1.29, 1.82) is 0 Å². The standard InChI is InChI=1S/C21H26N6O/c1-3-15(2)27-20(18-8-9-18)19(11-24-27)21(28)23-10-16-4-6-17(7-5-16)12-26-14-22-13-25-26/h4-7,11,13-15,18H,3,8-10,12H2,1-2H3,(H,23,28). The van der Waals surface area contributed by atoms with E-state index in [1.165, 1.54) is 6.33 Å². The van der Waals surface area contributed by atoms with Gasteiger partial charge in [-0.25, -0.2) is 9.67 Å². The molecule has 1 aromatic carbocycles. The Morgan fingerprint density at radius 2 is 1.96 bits per heavy atom. The number of aromatic nitrogens is 5. The molecule has 1 unspecified atom stereocenters. The fourth-order valence-corrected chi connectivity index (χ4v) is 3.38. The average Bonchev–Trinajstić information content (AvgIpc) is 3.24. The fraction of sp³-hybridized carbons (Fsp3) is 0.429. The molecule has 2 aromatic heterocycles. The first-order chi connectivity index (χ1) is 13.7. The van der Waals surface area contributed by atoms with E-state index in [4.69, 9.17) is 0 Å². The molecule has 146 valence electrons. The Kier molecular flexibility index (Phi) is 5.23. The van der Waals surface area contributed by atoms with E-state index in [0.717, 1.165) is 41.6 Å². The van der Waals surface area contributed by atoms with Gasteiger partial charge in [0.1, 0.15) is 12.7 Å². The van der Waals surface area contributed by atoms with Crippen molar-refractivity contribution in [2.75, 3.05) is 0 Å². The molecule has 1 aliphatic carbocycles. The molecule has 1 saturated carbocycles. The van der Waals surface area contributed by atoms with Gasteiger partial charge >= 0.3 is 0 Å². The molecule has 1 atom stereocenters. The first kappa shape index (κ1) is 18.4. The summed E-state index contributed by atoms with van der Waals surface area (Å²) in [5.74, 6) is 0.441. The number of hydrogen-bond acceptors (Lipinski definition) is 4. The van der Waals surface area contributed by atoms with E-state index < -0.39 is 0 Å². The van der Waals surface area contributed by atoms with Crippen molar-refractivity contribution in [2.24, 2.45) is 0 Å². The van der Waals surface area contributed by atoms with E-state index in [9.17, 15) is 4.79 Å². The van der Waals surface area contributed by atoms with E-state index in [1.54, 1.807) is 17.2 Å². The van der Waals surface area contributed by atoms with E-state index >= 15 is 0 Å². The van der Waals surface area contributed by atoms with Crippen LogP contribution in [0.4, 0.5) is 0 Å². The van der Waals surface area contributed by atoms with Crippen LogP contribution in [0.25, 0.3) is 0 Å². The molecule has 7 nitrogen and oxygen atoms in total. The predicted molar refractivity (Wildman–Crippen MR) is 106 cm³/mol. The molecule has 4 rings (SSSR count). The van der Waals surface area contributed by atoms with E-state index in [-0.39, 0.29) is 5.91 Å². The smallest absolute Gasteiger partial charge is 0.255 e. The molecule has 2 heterocycles. The average molecular weight is 378 g/mol. The maximum absolute atomic E-state index is 12.8. The first-order valence-corrected chi connectivity index (χ1v) is 9.91. The van der Waals surface area contributed by atoms with Crippen molar-refractivity contribution in [1.82, 2.24) is 29.9 Å². The van der Waals surface area contributed by atoms with Crippen LogP contribution in [-0.2, 0) is 13.1 Å². The topological polar surface area (TPSA) is 77.6 Å². The second kappa shape index (κ2) is 7.96. The molecule has 7 heteroatoms. The van der Waals surface area contributed by atoms with E-state index in [0.29, 0.717) is 25.0 Å². The highest BCUT2D eigenvalue weighted by molar-refractivity contribution is 5.95. The second-order valence-corrected chi connectivity index (χ2v) is 7.51. The lowest BCUT2D eigenvalue weighted by atomic mass is 10.1. The third-order valence-corrected chi connectivity index (χ3v) is 5.34. The number of nitrogens with one attached hydrogen (secondary N) is 1. The predicted octanol–water partition coefficient (Wildman–Crippen LogP) is 3.30. The summed E-state index contributed by atoms with van der Waals surface area (Å²) in [7, 11) is 0. The van der Waals surface area contributed by atoms with Gasteiger partial charge in [-0.1, -0.05) is 31.2 Å². The largest absolute Gasteiger partial charge is 0.348 e. The Balaban J connectivity index is 1.40. The molecule has 3 aromatic rings. The van der Waals surface area contributed by atoms with Crippen LogP contribution in [-0.4, -0.2) is 30.5 Å². The van der Waals surface area contributed by atoms with Crippen LogP contribution in [0.5, 0.6) is 0 Å². The number of nitrogens with zero attached hydrogens (tertiary/aromatic N) is 5. The van der Waals surface area contributed by atoms with Crippen LogP contribution >= 0.6 is 0 Å². The summed E-state index contributed by atoms with van der Waals surface area (Å²) >= 11 is 0. The number of carbonyl (C=O) groups excluding carboxylic acids is 1. The van der Waals surface area contributed by atoms with Crippen molar-refractivity contribution in [3.63, 3.8) is 0 Å². The SMILES string of the molecule is CCC(C)n1ncc(C(=O)NCc2ccc(Cn3cncn3)cc2)c1C1CC1. The van der Waals surface area contributed by atoms with E-state index in [2.05, 4.69) is 46.5 Å². The second-order valence-electron chi connectivity index (χ2n) is 7.51. The molecular formula is C21H26N6O. The van der Waals surface area contributed by atoms with Crippen LogP contribution < -0.4 is 5.32 Å². The highest BCUT2D eigenvalue weighted by atomic mass is 16.1. The Labute approximate surface area is 164 Å². The van der Waals surface area contributed by atoms with Crippen molar-refractivity contribution >= 4 is 5.91 Å². The zero-order valence-electron chi connectivity index (χ0n) is 16.4. The number of amides is 1. The maximum Gasteiger partial charge on any atom is 0.255 e. The minimum atomic E-state index is -0.0388. The van der Waals surface area contributed by atoms with Crippen LogP contribution in [0.2, 0.25) is 0 Å². The summed E-state index contributed by atoms with van der Waals surface area (Å²) in [6, 6.07) is 8.50. The van der Waals surface area contributed by atoms with Gasteiger partial charge in [0.2, 0.25) is 0 Å². The van der Waals surface area contributed by atoms with Gasteiger partial charge < -0.3 is 5.32 Å². The molecule has 1 fully saturated rings. The molecular weight excluding hydrogens is 352 g/mol. The molecule has 0 saturated heterocycles. The van der Waals surface area contributed by atoms with Gasteiger partial charge in [-0.15, -0.1) is 0 Å². The summed E-state index contributed by atoms with van der Waals surface area (Å²) in [5, 5.41) is 11.7. The fourth-order valence-electron chi connectivity index (χ4n) is 3.38. The van der Waals surface area contributed by atoms with Crippen LogP contribution in [0, 0.1) is 0 Å². The van der Waals surface area contributed by atoms with Crippen LogP contribution in [0.15, 0.2) is 43.1 Å². The quantitative estimate of drug-likeness (QED) is 0.652. The lowest BCUT2D eigenvalue weighted by molar-refractivity contribution is 0.0949. The van der Waals surface area contributed by atoms with Crippen molar-refractivity contribution in [2.45, 2.75) is 58.2 Å². The van der Waals surface area contributed by atoms with Crippen molar-refractivity contribution < 1.29 is 4.79 Å². The third-order valence-electron chi connectivity index (χ3n) is 5.34. The van der Waals surface area contributed by atoms with Gasteiger partial charge in [0.05, 0.1) is 24.0 Å². The minimum absolute atomic E-state index is 0.0388. The van der Waals surface area contributed by atoms with Gasteiger partial charge in [0.15, 0.2) is 0 Å². The Morgan fingerprint density at radius 1 is 1.21 bits per heavy atom. The zero-order chi connectivity index (χ0) is 19.5. The van der Waals surface area contributed by atoms with Gasteiger partial charge in [0, 0.05) is 18.5 Å². The summed E-state index contributed by atoms with van der Waals surface area (Å²) in [6.07, 6.45) is 8.26. The zero-order valence-corrected chi connectivity index (χ0v) is 16.4. The highest BCUT2D eigenvalue weighted by Crippen LogP contribution is 2.42. The summed E-state index contributed by atoms with van der Waals surface area (Å²) in [5.41, 5.74) is 4.05. The van der Waals surface area contributed by atoms with Gasteiger partial charge in [-0.2, -0.15) is 10.2 Å². The van der Waals surface area contributed by atoms with E-state index in [1.807, 2.05) is 16.8 Å².